The Balaban J connectivity index is 2.32. The number of carbonyl (C=O) groups is 2. The van der Waals surface area contributed by atoms with Crippen LogP contribution in [0.2, 0.25) is 0 Å². The summed E-state index contributed by atoms with van der Waals surface area (Å²) in [6.45, 7) is 5.08. The van der Waals surface area contributed by atoms with Gasteiger partial charge in [0.05, 0.1) is 29.2 Å². The number of aromatic nitrogens is 1. The van der Waals surface area contributed by atoms with Crippen molar-refractivity contribution in [2.75, 3.05) is 12.4 Å². The van der Waals surface area contributed by atoms with Crippen LogP contribution in [0, 0.1) is 24.0 Å². The van der Waals surface area contributed by atoms with Crippen LogP contribution in [0.3, 0.4) is 0 Å². The number of aryl methyl sites for hydroxylation is 2. The van der Waals surface area contributed by atoms with Gasteiger partial charge in [-0.15, -0.1) is 0 Å². The fourth-order valence-corrected chi connectivity index (χ4v) is 2.51. The molecule has 0 aliphatic heterocycles. The van der Waals surface area contributed by atoms with E-state index in [1.807, 2.05) is 0 Å². The van der Waals surface area contributed by atoms with Crippen LogP contribution in [0.4, 0.5) is 11.4 Å². The van der Waals surface area contributed by atoms with Crippen molar-refractivity contribution < 1.29 is 23.8 Å². The van der Waals surface area contributed by atoms with Crippen molar-refractivity contribution >= 4 is 23.3 Å². The lowest BCUT2D eigenvalue weighted by Crippen LogP contribution is -2.20. The molecule has 2 aromatic rings. The average Bonchev–Trinajstić information content (AvgIpc) is 2.91. The zero-order chi connectivity index (χ0) is 18.7. The standard InChI is InChI=1S/C16H17N3O6/c1-8(14-9(2)18-25-10(14)3)15(20)17-12-5-11(16(21)24-4)6-13(7-12)19(22)23/h5-8H,1-4H3,(H,17,20)/t8-/m1/s1. The summed E-state index contributed by atoms with van der Waals surface area (Å²) in [5, 5.41) is 17.4. The van der Waals surface area contributed by atoms with E-state index >= 15 is 0 Å². The van der Waals surface area contributed by atoms with Gasteiger partial charge in [-0.3, -0.25) is 14.9 Å². The molecular formula is C16H17N3O6. The van der Waals surface area contributed by atoms with Gasteiger partial charge in [0.15, 0.2) is 0 Å². The van der Waals surface area contributed by atoms with Gasteiger partial charge in [-0.2, -0.15) is 0 Å². The number of hydrogen-bond donors (Lipinski definition) is 1. The average molecular weight is 347 g/mol. The van der Waals surface area contributed by atoms with Crippen LogP contribution in [0.5, 0.6) is 0 Å². The third kappa shape index (κ3) is 3.82. The van der Waals surface area contributed by atoms with E-state index in [1.165, 1.54) is 19.2 Å². The monoisotopic (exact) mass is 347 g/mol. The van der Waals surface area contributed by atoms with E-state index in [4.69, 9.17) is 4.52 Å². The highest BCUT2D eigenvalue weighted by atomic mass is 16.6. The van der Waals surface area contributed by atoms with Gasteiger partial charge < -0.3 is 14.6 Å². The summed E-state index contributed by atoms with van der Waals surface area (Å²) in [7, 11) is 1.17. The molecule has 9 nitrogen and oxygen atoms in total. The second-order valence-corrected chi connectivity index (χ2v) is 5.47. The van der Waals surface area contributed by atoms with E-state index in [1.54, 1.807) is 20.8 Å². The number of carbonyl (C=O) groups excluding carboxylic acids is 2. The summed E-state index contributed by atoms with van der Waals surface area (Å²) in [5.41, 5.74) is 1.00. The molecule has 0 fully saturated rings. The Morgan fingerprint density at radius 3 is 2.52 bits per heavy atom. The van der Waals surface area contributed by atoms with E-state index < -0.39 is 22.7 Å². The van der Waals surface area contributed by atoms with Gasteiger partial charge >= 0.3 is 5.97 Å². The number of non-ortho nitro benzene ring substituents is 1. The van der Waals surface area contributed by atoms with Crippen molar-refractivity contribution in [1.82, 2.24) is 5.16 Å². The third-order valence-corrected chi connectivity index (χ3v) is 3.73. The molecule has 0 saturated carbocycles. The third-order valence-electron chi connectivity index (χ3n) is 3.73. The van der Waals surface area contributed by atoms with Crippen molar-refractivity contribution in [1.29, 1.82) is 0 Å². The molecule has 0 spiro atoms. The van der Waals surface area contributed by atoms with Gasteiger partial charge in [-0.1, -0.05) is 5.16 Å². The highest BCUT2D eigenvalue weighted by molar-refractivity contribution is 5.98. The highest BCUT2D eigenvalue weighted by Gasteiger charge is 2.24. The Bertz CT molecular complexity index is 823. The number of ether oxygens (including phenoxy) is 1. The Labute approximate surface area is 143 Å². The van der Waals surface area contributed by atoms with E-state index in [-0.39, 0.29) is 16.9 Å². The zero-order valence-corrected chi connectivity index (χ0v) is 14.2. The molecule has 132 valence electrons. The summed E-state index contributed by atoms with van der Waals surface area (Å²) in [4.78, 5) is 34.5. The van der Waals surface area contributed by atoms with Crippen LogP contribution < -0.4 is 5.32 Å². The molecule has 1 aromatic carbocycles. The van der Waals surface area contributed by atoms with Gasteiger partial charge in [0.1, 0.15) is 5.76 Å². The Morgan fingerprint density at radius 2 is 2.00 bits per heavy atom. The second-order valence-electron chi connectivity index (χ2n) is 5.47. The Hall–Kier alpha value is -3.23. The Kier molecular flexibility index (Phi) is 5.16. The molecule has 9 heteroatoms. The van der Waals surface area contributed by atoms with Crippen LogP contribution in [-0.2, 0) is 9.53 Å². The number of nitrogens with one attached hydrogen (secondary N) is 1. The molecule has 1 atom stereocenters. The lowest BCUT2D eigenvalue weighted by atomic mass is 9.98. The molecule has 1 N–H and O–H groups in total. The van der Waals surface area contributed by atoms with Crippen molar-refractivity contribution in [2.45, 2.75) is 26.7 Å². The first kappa shape index (κ1) is 18.1. The van der Waals surface area contributed by atoms with Crippen LogP contribution in [0.1, 0.15) is 40.2 Å². The van der Waals surface area contributed by atoms with Gasteiger partial charge in [-0.25, -0.2) is 4.79 Å². The molecule has 1 heterocycles. The summed E-state index contributed by atoms with van der Waals surface area (Å²) >= 11 is 0. The SMILES string of the molecule is COC(=O)c1cc(NC(=O)[C@H](C)c2c(C)noc2C)cc([N+](=O)[O-])c1. The van der Waals surface area contributed by atoms with Gasteiger partial charge in [0.25, 0.3) is 5.69 Å². The molecule has 0 radical (unpaired) electrons. The first-order valence-corrected chi connectivity index (χ1v) is 7.36. The summed E-state index contributed by atoms with van der Waals surface area (Å²) in [6.07, 6.45) is 0. The highest BCUT2D eigenvalue weighted by Crippen LogP contribution is 2.26. The smallest absolute Gasteiger partial charge is 0.338 e. The molecular weight excluding hydrogens is 330 g/mol. The van der Waals surface area contributed by atoms with Gasteiger partial charge in [-0.05, 0) is 26.8 Å². The van der Waals surface area contributed by atoms with Crippen LogP contribution in [0.15, 0.2) is 22.7 Å². The van der Waals surface area contributed by atoms with E-state index in [9.17, 15) is 19.7 Å². The number of nitrogens with zero attached hydrogens (tertiary/aromatic N) is 2. The molecule has 0 aliphatic rings. The summed E-state index contributed by atoms with van der Waals surface area (Å²) in [5.74, 6) is -1.22. The zero-order valence-electron chi connectivity index (χ0n) is 14.2. The second kappa shape index (κ2) is 7.12. The lowest BCUT2D eigenvalue weighted by molar-refractivity contribution is -0.384. The number of amides is 1. The van der Waals surface area contributed by atoms with Crippen LogP contribution >= 0.6 is 0 Å². The molecule has 1 amide bonds. The minimum atomic E-state index is -0.738. The number of nitro groups is 1. The van der Waals surface area contributed by atoms with Crippen molar-refractivity contribution in [2.24, 2.45) is 0 Å². The van der Waals surface area contributed by atoms with Crippen LogP contribution in [0.25, 0.3) is 0 Å². The predicted octanol–water partition coefficient (Wildman–Crippen LogP) is 2.73. The van der Waals surface area contributed by atoms with Gasteiger partial charge in [0, 0.05) is 23.4 Å². The molecule has 0 aliphatic carbocycles. The van der Waals surface area contributed by atoms with Crippen molar-refractivity contribution in [3.05, 3.63) is 50.9 Å². The minimum absolute atomic E-state index is 0.0306. The maximum Gasteiger partial charge on any atom is 0.338 e. The number of hydrogen-bond acceptors (Lipinski definition) is 7. The predicted molar refractivity (Wildman–Crippen MR) is 87.5 cm³/mol. The maximum absolute atomic E-state index is 12.5. The number of nitro benzene ring substituents is 1. The summed E-state index contributed by atoms with van der Waals surface area (Å²) in [6, 6.07) is 3.57. The molecule has 0 bridgehead atoms. The number of esters is 1. The Morgan fingerprint density at radius 1 is 1.32 bits per heavy atom. The van der Waals surface area contributed by atoms with E-state index in [0.29, 0.717) is 17.0 Å². The molecule has 25 heavy (non-hydrogen) atoms. The summed E-state index contributed by atoms with van der Waals surface area (Å²) < 4.78 is 9.63. The maximum atomic E-state index is 12.5. The normalized spacial score (nSPS) is 11.7. The molecule has 0 saturated heterocycles. The first-order chi connectivity index (χ1) is 11.7. The molecule has 2 rings (SSSR count). The van der Waals surface area contributed by atoms with Crippen molar-refractivity contribution in [3.8, 4) is 0 Å². The van der Waals surface area contributed by atoms with E-state index in [2.05, 4.69) is 15.2 Å². The fraction of sp³-hybridized carbons (Fsp3) is 0.312. The quantitative estimate of drug-likeness (QED) is 0.501. The van der Waals surface area contributed by atoms with E-state index in [0.717, 1.165) is 6.07 Å². The largest absolute Gasteiger partial charge is 0.465 e. The first-order valence-electron chi connectivity index (χ1n) is 7.36. The number of rotatable bonds is 5. The van der Waals surface area contributed by atoms with Crippen molar-refractivity contribution in [3.63, 3.8) is 0 Å². The fourth-order valence-electron chi connectivity index (χ4n) is 2.51. The number of anilines is 1. The minimum Gasteiger partial charge on any atom is -0.465 e. The number of benzene rings is 1. The van der Waals surface area contributed by atoms with Crippen LogP contribution in [-0.4, -0.2) is 29.1 Å². The molecule has 0 unspecified atom stereocenters. The topological polar surface area (TPSA) is 125 Å². The molecule has 1 aromatic heterocycles. The number of methoxy groups -OCH3 is 1. The lowest BCUT2D eigenvalue weighted by Gasteiger charge is -2.12. The van der Waals surface area contributed by atoms with Gasteiger partial charge in [0.2, 0.25) is 5.91 Å².